The average Bonchev–Trinajstić information content (AvgIpc) is 3.01. The molecule has 2 saturated heterocycles. The molecule has 0 radical (unpaired) electrons. The highest BCUT2D eigenvalue weighted by atomic mass is 19.4. The number of likely N-dealkylation sites (tertiary alicyclic amines) is 1. The lowest BCUT2D eigenvalue weighted by Crippen LogP contribution is -2.66. The molecule has 6 heterocycles. The molecule has 3 aliphatic rings. The van der Waals surface area contributed by atoms with Crippen LogP contribution in [0.1, 0.15) is 48.3 Å². The molecule has 3 aromatic rings. The van der Waals surface area contributed by atoms with Gasteiger partial charge in [0, 0.05) is 50.5 Å². The number of aromatic nitrogens is 3. The third kappa shape index (κ3) is 5.02. The van der Waals surface area contributed by atoms with Crippen molar-refractivity contribution in [3.63, 3.8) is 0 Å². The molecule has 0 aliphatic carbocycles. The van der Waals surface area contributed by atoms with Gasteiger partial charge < -0.3 is 24.2 Å². The summed E-state index contributed by atoms with van der Waals surface area (Å²) < 4.78 is 53.6. The van der Waals surface area contributed by atoms with Gasteiger partial charge in [0.2, 0.25) is 11.8 Å². The zero-order chi connectivity index (χ0) is 31.2. The molecule has 12 heteroatoms. The van der Waals surface area contributed by atoms with Crippen molar-refractivity contribution in [2.75, 3.05) is 58.4 Å². The number of ether oxygens (including phenoxy) is 2. The van der Waals surface area contributed by atoms with E-state index in [9.17, 15) is 18.0 Å². The Labute approximate surface area is 255 Å². The van der Waals surface area contributed by atoms with Crippen LogP contribution in [0.2, 0.25) is 0 Å². The van der Waals surface area contributed by atoms with E-state index in [1.165, 1.54) is 19.4 Å². The Bertz CT molecular complexity index is 1550. The molecule has 6 rings (SSSR count). The zero-order valence-electron chi connectivity index (χ0n) is 25.4. The second-order valence-corrected chi connectivity index (χ2v) is 11.9. The summed E-state index contributed by atoms with van der Waals surface area (Å²) in [5.41, 5.74) is 1.31. The molecule has 2 fully saturated rings. The van der Waals surface area contributed by atoms with Gasteiger partial charge in [0.15, 0.2) is 0 Å². The van der Waals surface area contributed by atoms with Gasteiger partial charge in [-0.3, -0.25) is 4.79 Å². The van der Waals surface area contributed by atoms with Crippen molar-refractivity contribution in [2.24, 2.45) is 5.92 Å². The first-order valence-electron chi connectivity index (χ1n) is 15.1. The standard InChI is InChI=1S/C32H37F3N6O3/c1-5-20-16-40(25-11-14-37-29(43-4)26(25)32(33,34)35)15-12-31(20)19-41(21-17-39(3)18-21)30(42)27-23(31)9-10-24(38-27)22-8-7-13-36-28(22)44-6-2/h7-11,13-14,20-21H,5-6,12,15-19H2,1-4H3. The van der Waals surface area contributed by atoms with Crippen LogP contribution in [-0.4, -0.2) is 90.2 Å². The van der Waals surface area contributed by atoms with E-state index < -0.39 is 23.0 Å². The number of pyridine rings is 3. The number of nitrogens with zero attached hydrogens (tertiary/aromatic N) is 6. The van der Waals surface area contributed by atoms with Gasteiger partial charge in [-0.25, -0.2) is 15.0 Å². The van der Waals surface area contributed by atoms with Crippen molar-refractivity contribution in [1.29, 1.82) is 0 Å². The van der Waals surface area contributed by atoms with Gasteiger partial charge in [-0.15, -0.1) is 0 Å². The van der Waals surface area contributed by atoms with E-state index in [0.29, 0.717) is 61.9 Å². The van der Waals surface area contributed by atoms with Gasteiger partial charge in [0.1, 0.15) is 11.3 Å². The Balaban J connectivity index is 1.43. The molecule has 3 aromatic heterocycles. The van der Waals surface area contributed by atoms with E-state index in [0.717, 1.165) is 18.7 Å². The molecular formula is C32H37F3N6O3. The topological polar surface area (TPSA) is 83.9 Å². The minimum atomic E-state index is -4.63. The van der Waals surface area contributed by atoms with Crippen LogP contribution in [0.15, 0.2) is 42.7 Å². The van der Waals surface area contributed by atoms with Crippen LogP contribution in [0.3, 0.4) is 0 Å². The van der Waals surface area contributed by atoms with E-state index >= 15 is 0 Å². The molecule has 9 nitrogen and oxygen atoms in total. The van der Waals surface area contributed by atoms with Crippen molar-refractivity contribution in [3.05, 3.63) is 59.5 Å². The molecule has 0 saturated carbocycles. The second-order valence-electron chi connectivity index (χ2n) is 11.9. The number of amides is 1. The summed E-state index contributed by atoms with van der Waals surface area (Å²) >= 11 is 0. The first-order valence-corrected chi connectivity index (χ1v) is 15.1. The Kier molecular flexibility index (Phi) is 7.89. The monoisotopic (exact) mass is 610 g/mol. The van der Waals surface area contributed by atoms with Crippen LogP contribution < -0.4 is 14.4 Å². The van der Waals surface area contributed by atoms with Crippen LogP contribution in [0.25, 0.3) is 11.3 Å². The van der Waals surface area contributed by atoms with Crippen molar-refractivity contribution in [1.82, 2.24) is 24.8 Å². The molecule has 2 unspecified atom stereocenters. The molecule has 0 N–H and O–H groups in total. The van der Waals surface area contributed by atoms with Crippen molar-refractivity contribution < 1.29 is 27.4 Å². The summed E-state index contributed by atoms with van der Waals surface area (Å²) in [6.07, 6.45) is -0.339. The third-order valence-corrected chi connectivity index (χ3v) is 9.42. The Morgan fingerprint density at radius 3 is 2.50 bits per heavy atom. The van der Waals surface area contributed by atoms with Crippen LogP contribution in [0, 0.1) is 5.92 Å². The highest BCUT2D eigenvalue weighted by Gasteiger charge is 2.53. The normalized spacial score (nSPS) is 22.6. The van der Waals surface area contributed by atoms with E-state index in [2.05, 4.69) is 21.8 Å². The summed E-state index contributed by atoms with van der Waals surface area (Å²) in [6, 6.07) is 9.07. The van der Waals surface area contributed by atoms with Crippen molar-refractivity contribution in [3.8, 4) is 23.0 Å². The lowest BCUT2D eigenvalue weighted by Gasteiger charge is -2.56. The fraction of sp³-hybridized carbons (Fsp3) is 0.500. The fourth-order valence-electron chi connectivity index (χ4n) is 7.26. The Morgan fingerprint density at radius 1 is 1.05 bits per heavy atom. The van der Waals surface area contributed by atoms with Gasteiger partial charge in [0.05, 0.1) is 36.7 Å². The van der Waals surface area contributed by atoms with Gasteiger partial charge >= 0.3 is 6.18 Å². The number of piperidine rings is 1. The number of anilines is 1. The van der Waals surface area contributed by atoms with E-state index in [-0.39, 0.29) is 23.6 Å². The molecule has 1 amide bonds. The largest absolute Gasteiger partial charge is 0.481 e. The minimum absolute atomic E-state index is 0.0475. The first-order chi connectivity index (χ1) is 21.1. The maximum absolute atomic E-state index is 14.3. The smallest absolute Gasteiger partial charge is 0.423 e. The van der Waals surface area contributed by atoms with E-state index in [1.54, 1.807) is 11.1 Å². The zero-order valence-corrected chi connectivity index (χ0v) is 25.4. The van der Waals surface area contributed by atoms with Crippen LogP contribution in [-0.2, 0) is 11.6 Å². The number of alkyl halides is 3. The molecule has 1 spiro atoms. The van der Waals surface area contributed by atoms with Gasteiger partial charge in [0.25, 0.3) is 5.91 Å². The molecule has 2 atom stereocenters. The number of fused-ring (bicyclic) bond motifs is 2. The van der Waals surface area contributed by atoms with Gasteiger partial charge in [-0.05, 0) is 56.1 Å². The quantitative estimate of drug-likeness (QED) is 0.374. The highest BCUT2D eigenvalue weighted by Crippen LogP contribution is 2.50. The molecule has 0 aromatic carbocycles. The van der Waals surface area contributed by atoms with Crippen LogP contribution >= 0.6 is 0 Å². The summed E-state index contributed by atoms with van der Waals surface area (Å²) in [4.78, 5) is 33.2. The number of hydrogen-bond donors (Lipinski definition) is 0. The molecule has 3 aliphatic heterocycles. The van der Waals surface area contributed by atoms with E-state index in [1.807, 2.05) is 43.1 Å². The SMILES string of the molecule is CCOc1ncccc1-c1ccc2c(n1)C(=O)N(C1CN(C)C1)CC21CCN(c2ccnc(OC)c2C(F)(F)F)CC1CC. The number of halogens is 3. The number of likely N-dealkylation sites (N-methyl/N-ethyl adjacent to an activating group) is 1. The van der Waals surface area contributed by atoms with Gasteiger partial charge in [-0.1, -0.05) is 19.4 Å². The molecule has 0 bridgehead atoms. The van der Waals surface area contributed by atoms with Crippen molar-refractivity contribution >= 4 is 11.6 Å². The predicted molar refractivity (Wildman–Crippen MR) is 159 cm³/mol. The molecular weight excluding hydrogens is 573 g/mol. The molecule has 44 heavy (non-hydrogen) atoms. The lowest BCUT2D eigenvalue weighted by molar-refractivity contribution is -0.138. The van der Waals surface area contributed by atoms with Crippen LogP contribution in [0.4, 0.5) is 18.9 Å². The van der Waals surface area contributed by atoms with Gasteiger partial charge in [-0.2, -0.15) is 13.2 Å². The summed E-state index contributed by atoms with van der Waals surface area (Å²) in [5.74, 6) is -0.140. The second kappa shape index (κ2) is 11.5. The van der Waals surface area contributed by atoms with Crippen LogP contribution in [0.5, 0.6) is 11.8 Å². The fourth-order valence-corrected chi connectivity index (χ4v) is 7.26. The average molecular weight is 611 g/mol. The summed E-state index contributed by atoms with van der Waals surface area (Å²) in [6.45, 7) is 7.19. The van der Waals surface area contributed by atoms with E-state index in [4.69, 9.17) is 14.5 Å². The van der Waals surface area contributed by atoms with Crippen molar-refractivity contribution in [2.45, 2.75) is 44.3 Å². The first kappa shape index (κ1) is 30.1. The molecule has 234 valence electrons. The highest BCUT2D eigenvalue weighted by molar-refractivity contribution is 5.96. The number of carbonyl (C=O) groups is 1. The Hall–Kier alpha value is -3.93. The number of methoxy groups -OCH3 is 1. The lowest BCUT2D eigenvalue weighted by atomic mass is 9.62. The predicted octanol–water partition coefficient (Wildman–Crippen LogP) is 4.91. The maximum Gasteiger partial charge on any atom is 0.423 e. The number of carbonyl (C=O) groups excluding carboxylic acids is 1. The summed E-state index contributed by atoms with van der Waals surface area (Å²) in [7, 11) is 3.23. The minimum Gasteiger partial charge on any atom is -0.481 e. The number of rotatable bonds is 7. The summed E-state index contributed by atoms with van der Waals surface area (Å²) in [5, 5.41) is 0. The maximum atomic E-state index is 14.3. The Morgan fingerprint density at radius 2 is 1.82 bits per heavy atom. The number of hydrogen-bond acceptors (Lipinski definition) is 8. The third-order valence-electron chi connectivity index (χ3n) is 9.42.